The normalized spacial score (nSPS) is 21.2. The van der Waals surface area contributed by atoms with Gasteiger partial charge in [-0.3, -0.25) is 0 Å². The molecule has 1 aliphatic heterocycles. The van der Waals surface area contributed by atoms with Crippen molar-refractivity contribution in [2.24, 2.45) is 10.1 Å². The van der Waals surface area contributed by atoms with Crippen molar-refractivity contribution in [1.29, 1.82) is 0 Å². The van der Waals surface area contributed by atoms with Crippen molar-refractivity contribution >= 4 is 12.6 Å². The number of hydrogen-bond donors (Lipinski definition) is 2. The van der Waals surface area contributed by atoms with Gasteiger partial charge in [-0.05, 0) is 32.4 Å². The molecule has 16 heavy (non-hydrogen) atoms. The summed E-state index contributed by atoms with van der Waals surface area (Å²) in [6.45, 7) is 5.70. The maximum atomic E-state index is 5.11. The number of nitrogens with zero attached hydrogens (tertiary/aromatic N) is 2. The van der Waals surface area contributed by atoms with E-state index in [1.165, 1.54) is 0 Å². The van der Waals surface area contributed by atoms with Crippen molar-refractivity contribution < 1.29 is 4.84 Å². The molecular weight excluding hydrogens is 204 g/mol. The molecule has 0 aromatic heterocycles. The van der Waals surface area contributed by atoms with E-state index in [1.54, 1.807) is 12.6 Å². The predicted octanol–water partition coefficient (Wildman–Crippen LogP) is 1.36. The average Bonchev–Trinajstić information content (AvgIpc) is 2.29. The van der Waals surface area contributed by atoms with E-state index in [1.807, 2.05) is 33.9 Å². The van der Waals surface area contributed by atoms with E-state index in [0.717, 1.165) is 17.2 Å². The Hall–Kier alpha value is -1.78. The van der Waals surface area contributed by atoms with Gasteiger partial charge in [0, 0.05) is 13.3 Å². The van der Waals surface area contributed by atoms with Gasteiger partial charge in [-0.2, -0.15) is 0 Å². The Kier molecular flexibility index (Phi) is 4.57. The fourth-order valence-corrected chi connectivity index (χ4v) is 1.39. The van der Waals surface area contributed by atoms with E-state index in [9.17, 15) is 0 Å². The minimum atomic E-state index is 0.0898. The Labute approximate surface area is 96.0 Å². The maximum Gasteiger partial charge on any atom is 0.130 e. The second-order valence-electron chi connectivity index (χ2n) is 3.42. The molecule has 1 unspecified atom stereocenters. The molecule has 0 spiro atoms. The van der Waals surface area contributed by atoms with Crippen molar-refractivity contribution in [1.82, 2.24) is 10.6 Å². The van der Waals surface area contributed by atoms with Gasteiger partial charge in [0.1, 0.15) is 11.6 Å². The summed E-state index contributed by atoms with van der Waals surface area (Å²) < 4.78 is 0. The molecule has 0 bridgehead atoms. The zero-order valence-corrected chi connectivity index (χ0v) is 10.1. The highest BCUT2D eigenvalue weighted by molar-refractivity contribution is 5.61. The molecule has 2 N–H and O–H groups in total. The molecule has 0 aromatic rings. The molecule has 0 aromatic carbocycles. The zero-order valence-electron chi connectivity index (χ0n) is 10.1. The summed E-state index contributed by atoms with van der Waals surface area (Å²) in [5, 5.41) is 9.90. The molecule has 0 saturated carbocycles. The van der Waals surface area contributed by atoms with Crippen molar-refractivity contribution in [3.05, 3.63) is 23.2 Å². The first kappa shape index (κ1) is 12.3. The molecule has 0 fully saturated rings. The number of hydrogen-bond acceptors (Lipinski definition) is 5. The third-order valence-electron chi connectivity index (χ3n) is 2.23. The lowest BCUT2D eigenvalue weighted by molar-refractivity contribution is 0.229. The third kappa shape index (κ3) is 3.12. The maximum absolute atomic E-state index is 5.11. The second kappa shape index (κ2) is 5.95. The monoisotopic (exact) mass is 222 g/mol. The number of allylic oxidation sites excluding steroid dienone is 1. The Morgan fingerprint density at radius 1 is 1.69 bits per heavy atom. The van der Waals surface area contributed by atoms with E-state index in [4.69, 9.17) is 4.84 Å². The number of aliphatic imine (C=N–C) groups is 1. The molecule has 1 atom stereocenters. The van der Waals surface area contributed by atoms with Gasteiger partial charge in [0.2, 0.25) is 0 Å². The smallest absolute Gasteiger partial charge is 0.130 e. The molecule has 0 radical (unpaired) electrons. The fourth-order valence-electron chi connectivity index (χ4n) is 1.39. The lowest BCUT2D eigenvalue weighted by Crippen LogP contribution is -2.33. The average molecular weight is 222 g/mol. The second-order valence-corrected chi connectivity index (χ2v) is 3.42. The van der Waals surface area contributed by atoms with Crippen LogP contribution in [-0.2, 0) is 4.84 Å². The Morgan fingerprint density at radius 3 is 3.06 bits per heavy atom. The Morgan fingerprint density at radius 2 is 2.44 bits per heavy atom. The summed E-state index contributed by atoms with van der Waals surface area (Å²) in [6, 6.07) is 0.0898. The van der Waals surface area contributed by atoms with E-state index in [-0.39, 0.29) is 6.04 Å². The lowest BCUT2D eigenvalue weighted by Gasteiger charge is -2.20. The summed E-state index contributed by atoms with van der Waals surface area (Å²) in [6.07, 6.45) is 5.25. The number of oxime groups is 1. The number of nitrogens with one attached hydrogen (secondary N) is 2. The summed E-state index contributed by atoms with van der Waals surface area (Å²) in [7, 11) is 1.85. The van der Waals surface area contributed by atoms with Gasteiger partial charge >= 0.3 is 0 Å². The van der Waals surface area contributed by atoms with Crippen LogP contribution in [0.4, 0.5) is 0 Å². The van der Waals surface area contributed by atoms with E-state index >= 15 is 0 Å². The van der Waals surface area contributed by atoms with Crippen LogP contribution in [0.25, 0.3) is 0 Å². The summed E-state index contributed by atoms with van der Waals surface area (Å²) >= 11 is 0. The largest absolute Gasteiger partial charge is 0.373 e. The van der Waals surface area contributed by atoms with Gasteiger partial charge in [-0.15, -0.1) is 0 Å². The number of rotatable bonds is 4. The summed E-state index contributed by atoms with van der Waals surface area (Å²) in [5.74, 6) is 1.63. The highest BCUT2D eigenvalue weighted by Gasteiger charge is 2.14. The predicted molar refractivity (Wildman–Crippen MR) is 66.2 cm³/mol. The molecular formula is C11H18N4O. The quantitative estimate of drug-likeness (QED) is 0.429. The standard InChI is InChI=1S/C11H18N4O/c1-5-15-16-8(2)6-10-9(3)11(12-4)14-7-13-10/h5-7,10,12H,1-4H3,(H,13,14)/b8-6+,15-5+. The molecule has 1 aliphatic rings. The Bertz CT molecular complexity index is 355. The fraction of sp³-hybridized carbons (Fsp3) is 0.455. The van der Waals surface area contributed by atoms with Gasteiger partial charge in [-0.1, -0.05) is 5.16 Å². The molecule has 1 rings (SSSR count). The SMILES string of the molecule is C/C=N/O/C(C)=C/C1NC=NC(NC)=C1C. The molecule has 0 aliphatic carbocycles. The van der Waals surface area contributed by atoms with E-state index < -0.39 is 0 Å². The third-order valence-corrected chi connectivity index (χ3v) is 2.23. The van der Waals surface area contributed by atoms with Gasteiger partial charge < -0.3 is 15.5 Å². The van der Waals surface area contributed by atoms with Crippen LogP contribution in [0.3, 0.4) is 0 Å². The van der Waals surface area contributed by atoms with E-state index in [0.29, 0.717) is 0 Å². The first-order chi connectivity index (χ1) is 7.69. The lowest BCUT2D eigenvalue weighted by atomic mass is 10.1. The Balaban J connectivity index is 2.75. The highest BCUT2D eigenvalue weighted by atomic mass is 16.6. The summed E-state index contributed by atoms with van der Waals surface area (Å²) in [5.41, 5.74) is 1.12. The highest BCUT2D eigenvalue weighted by Crippen LogP contribution is 2.13. The van der Waals surface area contributed by atoms with Crippen LogP contribution in [0.5, 0.6) is 0 Å². The molecule has 1 heterocycles. The van der Waals surface area contributed by atoms with Crippen LogP contribution in [0, 0.1) is 0 Å². The van der Waals surface area contributed by atoms with Crippen molar-refractivity contribution in [2.45, 2.75) is 26.8 Å². The molecule has 0 amide bonds. The van der Waals surface area contributed by atoms with Crippen LogP contribution in [0.15, 0.2) is 33.4 Å². The minimum Gasteiger partial charge on any atom is -0.373 e. The van der Waals surface area contributed by atoms with E-state index in [2.05, 4.69) is 20.8 Å². The van der Waals surface area contributed by atoms with Crippen LogP contribution in [0.1, 0.15) is 20.8 Å². The molecule has 5 nitrogen and oxygen atoms in total. The van der Waals surface area contributed by atoms with Crippen LogP contribution < -0.4 is 10.6 Å². The van der Waals surface area contributed by atoms with Crippen LogP contribution in [-0.4, -0.2) is 25.6 Å². The molecule has 5 heteroatoms. The zero-order chi connectivity index (χ0) is 12.0. The van der Waals surface area contributed by atoms with Crippen molar-refractivity contribution in [2.75, 3.05) is 7.05 Å². The van der Waals surface area contributed by atoms with Gasteiger partial charge in [0.15, 0.2) is 0 Å². The van der Waals surface area contributed by atoms with Crippen molar-refractivity contribution in [3.63, 3.8) is 0 Å². The first-order valence-corrected chi connectivity index (χ1v) is 5.19. The minimum absolute atomic E-state index is 0.0898. The molecule has 88 valence electrons. The van der Waals surface area contributed by atoms with Gasteiger partial charge in [0.25, 0.3) is 0 Å². The van der Waals surface area contributed by atoms with Gasteiger partial charge in [-0.25, -0.2) is 4.99 Å². The van der Waals surface area contributed by atoms with Crippen LogP contribution >= 0.6 is 0 Å². The van der Waals surface area contributed by atoms with Gasteiger partial charge in [0.05, 0.1) is 12.4 Å². The topological polar surface area (TPSA) is 58.0 Å². The van der Waals surface area contributed by atoms with Crippen molar-refractivity contribution in [3.8, 4) is 0 Å². The first-order valence-electron chi connectivity index (χ1n) is 5.19. The summed E-state index contributed by atoms with van der Waals surface area (Å²) in [4.78, 5) is 9.30. The van der Waals surface area contributed by atoms with Crippen LogP contribution in [0.2, 0.25) is 0 Å². The molecule has 0 saturated heterocycles.